The Kier molecular flexibility index (Phi) is 4.89. The molecule has 1 fully saturated rings. The third kappa shape index (κ3) is 3.95. The van der Waals surface area contributed by atoms with Crippen LogP contribution >= 0.6 is 0 Å². The van der Waals surface area contributed by atoms with Gasteiger partial charge in [-0.3, -0.25) is 0 Å². The zero-order valence-corrected chi connectivity index (χ0v) is 13.5. The van der Waals surface area contributed by atoms with Crippen LogP contribution in [0.25, 0.3) is 0 Å². The predicted octanol–water partition coefficient (Wildman–Crippen LogP) is 3.20. The Morgan fingerprint density at radius 2 is 2.14 bits per heavy atom. The van der Waals surface area contributed by atoms with Crippen molar-refractivity contribution in [3.8, 4) is 5.75 Å². The lowest BCUT2D eigenvalue weighted by atomic mass is 9.80. The summed E-state index contributed by atoms with van der Waals surface area (Å²) >= 11 is 0. The number of likely N-dealkylation sites (tertiary alicyclic amines) is 1. The van der Waals surface area contributed by atoms with Crippen molar-refractivity contribution >= 4 is 0 Å². The first-order valence-electron chi connectivity index (χ1n) is 7.62. The van der Waals surface area contributed by atoms with Gasteiger partial charge in [0, 0.05) is 19.1 Å². The Morgan fingerprint density at radius 3 is 2.67 bits per heavy atom. The summed E-state index contributed by atoms with van der Waals surface area (Å²) in [5, 5.41) is 0. The highest BCUT2D eigenvalue weighted by Crippen LogP contribution is 2.34. The molecule has 1 aromatic carbocycles. The highest BCUT2D eigenvalue weighted by Gasteiger charge is 2.32. The fraction of sp³-hybridized carbons (Fsp3) is 0.647. The maximum absolute atomic E-state index is 13.7. The molecule has 2 rings (SSSR count). The molecular weight excluding hydrogens is 267 g/mol. The molecule has 0 aliphatic carbocycles. The molecule has 0 spiro atoms. The zero-order valence-electron chi connectivity index (χ0n) is 13.5. The lowest BCUT2D eigenvalue weighted by molar-refractivity contribution is 0.224. The SMILES string of the molecule is COc1ccc(C(N)CN2CCC(C(C)(C)C)C2)cc1F. The van der Waals surface area contributed by atoms with Crippen molar-refractivity contribution < 1.29 is 9.13 Å². The molecule has 1 aliphatic rings. The summed E-state index contributed by atoms with van der Waals surface area (Å²) < 4.78 is 18.7. The van der Waals surface area contributed by atoms with Crippen LogP contribution in [-0.4, -0.2) is 31.6 Å². The second kappa shape index (κ2) is 6.32. The molecule has 1 aliphatic heterocycles. The first-order valence-corrected chi connectivity index (χ1v) is 7.62. The molecule has 1 saturated heterocycles. The minimum atomic E-state index is -0.348. The minimum absolute atomic E-state index is 0.163. The number of benzene rings is 1. The average molecular weight is 294 g/mol. The molecule has 4 heteroatoms. The summed E-state index contributed by atoms with van der Waals surface area (Å²) in [7, 11) is 1.47. The summed E-state index contributed by atoms with van der Waals surface area (Å²) in [6.45, 7) is 9.81. The highest BCUT2D eigenvalue weighted by atomic mass is 19.1. The van der Waals surface area contributed by atoms with E-state index >= 15 is 0 Å². The van der Waals surface area contributed by atoms with Gasteiger partial charge in [0.05, 0.1) is 7.11 Å². The van der Waals surface area contributed by atoms with Crippen molar-refractivity contribution in [2.45, 2.75) is 33.2 Å². The third-order valence-corrected chi connectivity index (χ3v) is 4.56. The van der Waals surface area contributed by atoms with Crippen LogP contribution in [0.4, 0.5) is 4.39 Å². The number of methoxy groups -OCH3 is 1. The fourth-order valence-corrected chi connectivity index (χ4v) is 3.00. The van der Waals surface area contributed by atoms with Gasteiger partial charge in [0.15, 0.2) is 11.6 Å². The monoisotopic (exact) mass is 294 g/mol. The van der Waals surface area contributed by atoms with E-state index < -0.39 is 0 Å². The number of halogens is 1. The molecule has 2 atom stereocenters. The smallest absolute Gasteiger partial charge is 0.165 e. The van der Waals surface area contributed by atoms with Gasteiger partial charge in [-0.25, -0.2) is 4.39 Å². The quantitative estimate of drug-likeness (QED) is 0.927. The van der Waals surface area contributed by atoms with Crippen LogP contribution < -0.4 is 10.5 Å². The predicted molar refractivity (Wildman–Crippen MR) is 83.9 cm³/mol. The number of hydrogen-bond acceptors (Lipinski definition) is 3. The van der Waals surface area contributed by atoms with Crippen LogP contribution in [0.5, 0.6) is 5.75 Å². The maximum atomic E-state index is 13.7. The van der Waals surface area contributed by atoms with E-state index in [4.69, 9.17) is 10.5 Å². The lowest BCUT2D eigenvalue weighted by Gasteiger charge is -2.28. The number of nitrogens with two attached hydrogens (primary N) is 1. The second-order valence-electron chi connectivity index (χ2n) is 7.11. The van der Waals surface area contributed by atoms with Crippen molar-refractivity contribution in [1.82, 2.24) is 4.90 Å². The lowest BCUT2D eigenvalue weighted by Crippen LogP contribution is -2.32. The molecule has 3 nitrogen and oxygen atoms in total. The van der Waals surface area contributed by atoms with Crippen molar-refractivity contribution in [3.63, 3.8) is 0 Å². The van der Waals surface area contributed by atoms with E-state index in [1.165, 1.54) is 19.6 Å². The molecule has 0 saturated carbocycles. The Bertz CT molecular complexity index is 484. The molecule has 21 heavy (non-hydrogen) atoms. The van der Waals surface area contributed by atoms with Gasteiger partial charge in [-0.05, 0) is 42.0 Å². The fourth-order valence-electron chi connectivity index (χ4n) is 3.00. The zero-order chi connectivity index (χ0) is 15.6. The molecule has 118 valence electrons. The van der Waals surface area contributed by atoms with Gasteiger partial charge in [0.1, 0.15) is 0 Å². The summed E-state index contributed by atoms with van der Waals surface area (Å²) in [6, 6.07) is 4.82. The molecule has 0 radical (unpaired) electrons. The third-order valence-electron chi connectivity index (χ3n) is 4.56. The molecule has 1 aromatic rings. The summed E-state index contributed by atoms with van der Waals surface area (Å²) in [6.07, 6.45) is 1.22. The molecule has 1 heterocycles. The molecule has 0 aromatic heterocycles. The van der Waals surface area contributed by atoms with Gasteiger partial charge < -0.3 is 15.4 Å². The Balaban J connectivity index is 1.96. The highest BCUT2D eigenvalue weighted by molar-refractivity contribution is 5.31. The van der Waals surface area contributed by atoms with Crippen molar-refractivity contribution in [3.05, 3.63) is 29.6 Å². The van der Waals surface area contributed by atoms with E-state index in [1.807, 2.05) is 6.07 Å². The Morgan fingerprint density at radius 1 is 1.43 bits per heavy atom. The summed E-state index contributed by atoms with van der Waals surface area (Å²) in [5.74, 6) is 0.622. The summed E-state index contributed by atoms with van der Waals surface area (Å²) in [5.41, 5.74) is 7.41. The molecule has 2 N–H and O–H groups in total. The van der Waals surface area contributed by atoms with Crippen LogP contribution in [0.15, 0.2) is 18.2 Å². The van der Waals surface area contributed by atoms with Crippen LogP contribution in [0.3, 0.4) is 0 Å². The number of rotatable bonds is 4. The standard InChI is InChI=1S/C17H27FN2O/c1-17(2,3)13-7-8-20(10-13)11-15(19)12-5-6-16(21-4)14(18)9-12/h5-6,9,13,15H,7-8,10-11,19H2,1-4H3. The van der Waals surface area contributed by atoms with E-state index in [-0.39, 0.29) is 17.6 Å². The van der Waals surface area contributed by atoms with Crippen LogP contribution in [0.1, 0.15) is 38.8 Å². The van der Waals surface area contributed by atoms with Crippen LogP contribution in [0, 0.1) is 17.2 Å². The van der Waals surface area contributed by atoms with Gasteiger partial charge in [0.25, 0.3) is 0 Å². The van der Waals surface area contributed by atoms with Crippen LogP contribution in [0.2, 0.25) is 0 Å². The number of nitrogens with zero attached hydrogens (tertiary/aromatic N) is 1. The van der Waals surface area contributed by atoms with Gasteiger partial charge in [0.2, 0.25) is 0 Å². The van der Waals surface area contributed by atoms with E-state index in [9.17, 15) is 4.39 Å². The van der Waals surface area contributed by atoms with Gasteiger partial charge in [-0.15, -0.1) is 0 Å². The maximum Gasteiger partial charge on any atom is 0.165 e. The minimum Gasteiger partial charge on any atom is -0.494 e. The molecule has 0 bridgehead atoms. The van der Waals surface area contributed by atoms with Crippen molar-refractivity contribution in [1.29, 1.82) is 0 Å². The van der Waals surface area contributed by atoms with E-state index in [2.05, 4.69) is 25.7 Å². The number of ether oxygens (including phenoxy) is 1. The average Bonchev–Trinajstić information content (AvgIpc) is 2.87. The van der Waals surface area contributed by atoms with Gasteiger partial charge >= 0.3 is 0 Å². The first kappa shape index (κ1) is 16.2. The van der Waals surface area contributed by atoms with E-state index in [0.29, 0.717) is 11.3 Å². The second-order valence-corrected chi connectivity index (χ2v) is 7.11. The number of hydrogen-bond donors (Lipinski definition) is 1. The normalized spacial score (nSPS) is 21.5. The van der Waals surface area contributed by atoms with Gasteiger partial charge in [-0.1, -0.05) is 26.8 Å². The largest absolute Gasteiger partial charge is 0.494 e. The molecule has 2 unspecified atom stereocenters. The van der Waals surface area contributed by atoms with Gasteiger partial charge in [-0.2, -0.15) is 0 Å². The first-order chi connectivity index (χ1) is 9.81. The van der Waals surface area contributed by atoms with Crippen molar-refractivity contribution in [2.75, 3.05) is 26.7 Å². The van der Waals surface area contributed by atoms with E-state index in [0.717, 1.165) is 25.2 Å². The summed E-state index contributed by atoms with van der Waals surface area (Å²) in [4.78, 5) is 2.39. The Labute approximate surface area is 127 Å². The van der Waals surface area contributed by atoms with Crippen molar-refractivity contribution in [2.24, 2.45) is 17.1 Å². The molecule has 0 amide bonds. The topological polar surface area (TPSA) is 38.5 Å². The molecular formula is C17H27FN2O. The Hall–Kier alpha value is -1.13. The van der Waals surface area contributed by atoms with Crippen LogP contribution in [-0.2, 0) is 0 Å². The van der Waals surface area contributed by atoms with E-state index in [1.54, 1.807) is 6.07 Å².